The lowest BCUT2D eigenvalue weighted by atomic mass is 9.90. The standard InChI is InChI=1S/C40H51N5O6/c1-26(2)21-42-39(49)32-24-45(40(3,4)36-20-29-22-41-15-14-34(29)51-36)17-16-44(32)23-30(46)19-28(18-27-10-6-5-7-11-27)38(48)43-37-31-12-8-9-13-35(31)50-25-33(37)47/h5-15,20,22,26,28,30,32-33,37,46-47H,16-19,21,23-25H2,1-4H3,(H,42,49)(H,43,48)/t28-,30+,32+,33-,37+/m1/s1. The summed E-state index contributed by atoms with van der Waals surface area (Å²) in [7, 11) is 0. The zero-order chi connectivity index (χ0) is 36.1. The van der Waals surface area contributed by atoms with E-state index in [0.717, 1.165) is 27.9 Å². The molecule has 0 spiro atoms. The second kappa shape index (κ2) is 15.9. The number of aliphatic hydroxyl groups is 2. The lowest BCUT2D eigenvalue weighted by molar-refractivity contribution is -0.133. The van der Waals surface area contributed by atoms with Crippen molar-refractivity contribution in [2.75, 3.05) is 39.3 Å². The number of aliphatic hydroxyl groups excluding tert-OH is 2. The molecular formula is C40H51N5O6. The quantitative estimate of drug-likeness (QED) is 0.163. The number of pyridine rings is 1. The number of amides is 2. The van der Waals surface area contributed by atoms with Crippen LogP contribution in [0.2, 0.25) is 0 Å². The van der Waals surface area contributed by atoms with Gasteiger partial charge in [0.05, 0.1) is 17.7 Å². The van der Waals surface area contributed by atoms with E-state index in [0.29, 0.717) is 38.3 Å². The molecule has 1 saturated heterocycles. The predicted octanol–water partition coefficient (Wildman–Crippen LogP) is 4.04. The van der Waals surface area contributed by atoms with Crippen LogP contribution in [0.1, 0.15) is 57.0 Å². The number of rotatable bonds is 13. The van der Waals surface area contributed by atoms with Gasteiger partial charge in [-0.3, -0.25) is 24.4 Å². The minimum absolute atomic E-state index is 0.0739. The highest BCUT2D eigenvalue weighted by Crippen LogP contribution is 2.35. The van der Waals surface area contributed by atoms with E-state index in [4.69, 9.17) is 9.15 Å². The number of hydrogen-bond donors (Lipinski definition) is 4. The van der Waals surface area contributed by atoms with Crippen molar-refractivity contribution in [2.45, 2.75) is 70.4 Å². The third-order valence-corrected chi connectivity index (χ3v) is 10.2. The van der Waals surface area contributed by atoms with Crippen LogP contribution in [0.25, 0.3) is 11.0 Å². The number of nitrogens with zero attached hydrogens (tertiary/aromatic N) is 3. The first-order valence-electron chi connectivity index (χ1n) is 18.0. The van der Waals surface area contributed by atoms with Gasteiger partial charge in [0.1, 0.15) is 35.8 Å². The Morgan fingerprint density at radius 3 is 2.59 bits per heavy atom. The number of aromatic nitrogens is 1. The first-order chi connectivity index (χ1) is 24.5. The number of carbonyl (C=O) groups is 2. The maximum Gasteiger partial charge on any atom is 0.238 e. The van der Waals surface area contributed by atoms with Crippen molar-refractivity contribution in [1.82, 2.24) is 25.4 Å². The summed E-state index contributed by atoms with van der Waals surface area (Å²) in [6.45, 7) is 10.8. The minimum Gasteiger partial charge on any atom is -0.490 e. The molecule has 4 N–H and O–H groups in total. The topological polar surface area (TPSA) is 140 Å². The van der Waals surface area contributed by atoms with Gasteiger partial charge < -0.3 is 30.0 Å². The Hall–Kier alpha value is -4.29. The second-order valence-electron chi connectivity index (χ2n) is 14.9. The minimum atomic E-state index is -0.909. The van der Waals surface area contributed by atoms with E-state index in [1.54, 1.807) is 12.4 Å². The Labute approximate surface area is 300 Å². The highest BCUT2D eigenvalue weighted by molar-refractivity contribution is 5.82. The van der Waals surface area contributed by atoms with Gasteiger partial charge in [-0.1, -0.05) is 62.4 Å². The van der Waals surface area contributed by atoms with Gasteiger partial charge in [0.15, 0.2) is 0 Å². The molecule has 51 heavy (non-hydrogen) atoms. The summed E-state index contributed by atoms with van der Waals surface area (Å²) in [6, 6.07) is 19.8. The van der Waals surface area contributed by atoms with E-state index < -0.39 is 35.7 Å². The molecule has 11 nitrogen and oxygen atoms in total. The fourth-order valence-electron chi connectivity index (χ4n) is 7.21. The molecule has 0 bridgehead atoms. The van der Waals surface area contributed by atoms with Gasteiger partial charge in [-0.2, -0.15) is 0 Å². The molecule has 11 heteroatoms. The summed E-state index contributed by atoms with van der Waals surface area (Å²) in [5.41, 5.74) is 1.96. The fourth-order valence-corrected chi connectivity index (χ4v) is 7.21. The van der Waals surface area contributed by atoms with Crippen LogP contribution in [0, 0.1) is 11.8 Å². The monoisotopic (exact) mass is 697 g/mol. The van der Waals surface area contributed by atoms with Crippen molar-refractivity contribution in [2.24, 2.45) is 11.8 Å². The van der Waals surface area contributed by atoms with E-state index in [2.05, 4.69) is 48.2 Å². The maximum atomic E-state index is 14.0. The Balaban J connectivity index is 1.18. The molecule has 272 valence electrons. The van der Waals surface area contributed by atoms with Crippen LogP contribution in [0.3, 0.4) is 0 Å². The highest BCUT2D eigenvalue weighted by atomic mass is 16.5. The number of carbonyl (C=O) groups excluding carboxylic acids is 2. The van der Waals surface area contributed by atoms with E-state index in [-0.39, 0.29) is 37.3 Å². The lowest BCUT2D eigenvalue weighted by Crippen LogP contribution is -2.63. The molecule has 2 amide bonds. The molecule has 0 aliphatic carbocycles. The number of ether oxygens (including phenoxy) is 1. The summed E-state index contributed by atoms with van der Waals surface area (Å²) in [5, 5.41) is 29.6. The number of β-amino-alcohol motifs (C(OH)–C–C–N with tert-alkyl or cyclic N) is 1. The third kappa shape index (κ3) is 8.61. The molecule has 2 aliphatic rings. The van der Waals surface area contributed by atoms with Gasteiger partial charge in [0.2, 0.25) is 11.8 Å². The van der Waals surface area contributed by atoms with Gasteiger partial charge in [-0.15, -0.1) is 0 Å². The van der Waals surface area contributed by atoms with Crippen molar-refractivity contribution in [3.05, 3.63) is 96.0 Å². The molecule has 4 heterocycles. The predicted molar refractivity (Wildman–Crippen MR) is 195 cm³/mol. The highest BCUT2D eigenvalue weighted by Gasteiger charge is 2.41. The fraction of sp³-hybridized carbons (Fsp3) is 0.475. The lowest BCUT2D eigenvalue weighted by Gasteiger charge is -2.47. The molecule has 2 aromatic heterocycles. The number of furan rings is 1. The Morgan fingerprint density at radius 1 is 1.06 bits per heavy atom. The number of hydrogen-bond acceptors (Lipinski definition) is 9. The molecule has 6 rings (SSSR count). The largest absolute Gasteiger partial charge is 0.490 e. The van der Waals surface area contributed by atoms with Crippen molar-refractivity contribution < 1.29 is 29.0 Å². The molecule has 4 aromatic rings. The molecule has 2 aromatic carbocycles. The second-order valence-corrected chi connectivity index (χ2v) is 14.9. The average Bonchev–Trinajstić information content (AvgIpc) is 3.58. The molecular weight excluding hydrogens is 646 g/mol. The summed E-state index contributed by atoms with van der Waals surface area (Å²) < 4.78 is 11.9. The SMILES string of the molecule is CC(C)CNC(=O)[C@@H]1CN(C(C)(C)c2cc3cnccc3o2)CCN1C[C@@H](O)C[C@@H](Cc1ccccc1)C(=O)N[C@H]1c2ccccc2OC[C@H]1O. The van der Waals surface area contributed by atoms with Crippen LogP contribution in [0.5, 0.6) is 5.75 Å². The van der Waals surface area contributed by atoms with E-state index in [1.807, 2.05) is 71.6 Å². The van der Waals surface area contributed by atoms with Crippen LogP contribution in [0.4, 0.5) is 0 Å². The van der Waals surface area contributed by atoms with Crippen molar-refractivity contribution in [3.63, 3.8) is 0 Å². The van der Waals surface area contributed by atoms with Gasteiger partial charge in [-0.25, -0.2) is 0 Å². The zero-order valence-electron chi connectivity index (χ0n) is 30.0. The van der Waals surface area contributed by atoms with E-state index >= 15 is 0 Å². The molecule has 0 saturated carbocycles. The Kier molecular flexibility index (Phi) is 11.4. The van der Waals surface area contributed by atoms with Crippen molar-refractivity contribution in [1.29, 1.82) is 0 Å². The molecule has 5 atom stereocenters. The average molecular weight is 698 g/mol. The summed E-state index contributed by atoms with van der Waals surface area (Å²) in [4.78, 5) is 36.3. The van der Waals surface area contributed by atoms with E-state index in [1.165, 1.54) is 0 Å². The summed E-state index contributed by atoms with van der Waals surface area (Å²) in [5.74, 6) is 0.794. The summed E-state index contributed by atoms with van der Waals surface area (Å²) in [6.07, 6.45) is 2.30. The van der Waals surface area contributed by atoms with E-state index in [9.17, 15) is 19.8 Å². The first-order valence-corrected chi connectivity index (χ1v) is 18.0. The molecule has 2 aliphatic heterocycles. The maximum absolute atomic E-state index is 14.0. The van der Waals surface area contributed by atoms with Crippen LogP contribution >= 0.6 is 0 Å². The smallest absolute Gasteiger partial charge is 0.238 e. The van der Waals surface area contributed by atoms with Gasteiger partial charge >= 0.3 is 0 Å². The number of nitrogens with one attached hydrogen (secondary N) is 2. The van der Waals surface area contributed by atoms with Crippen LogP contribution in [0.15, 0.2) is 83.5 Å². The number of piperazine rings is 1. The summed E-state index contributed by atoms with van der Waals surface area (Å²) >= 11 is 0. The first kappa shape index (κ1) is 36.5. The van der Waals surface area contributed by atoms with Crippen LogP contribution < -0.4 is 15.4 Å². The number of benzene rings is 2. The van der Waals surface area contributed by atoms with Gasteiger partial charge in [0, 0.05) is 62.0 Å². The Morgan fingerprint density at radius 2 is 1.82 bits per heavy atom. The van der Waals surface area contributed by atoms with Gasteiger partial charge in [-0.05, 0) is 56.4 Å². The Bertz CT molecular complexity index is 1740. The van der Waals surface area contributed by atoms with Crippen LogP contribution in [-0.4, -0.2) is 94.4 Å². The zero-order valence-corrected chi connectivity index (χ0v) is 30.0. The van der Waals surface area contributed by atoms with Crippen LogP contribution in [-0.2, 0) is 21.5 Å². The normalized spacial score (nSPS) is 21.1. The number of para-hydroxylation sites is 1. The number of fused-ring (bicyclic) bond motifs is 2. The van der Waals surface area contributed by atoms with Gasteiger partial charge in [0.25, 0.3) is 0 Å². The van der Waals surface area contributed by atoms with Crippen molar-refractivity contribution >= 4 is 22.8 Å². The molecule has 1 fully saturated rings. The van der Waals surface area contributed by atoms with Crippen molar-refractivity contribution in [3.8, 4) is 5.75 Å². The molecule has 0 unspecified atom stereocenters. The molecule has 0 radical (unpaired) electrons. The third-order valence-electron chi connectivity index (χ3n) is 10.2.